The monoisotopic (exact) mass is 297 g/mol. The van der Waals surface area contributed by atoms with E-state index >= 15 is 0 Å². The largest absolute Gasteiger partial charge is 0.480 e. The van der Waals surface area contributed by atoms with Gasteiger partial charge >= 0.3 is 5.97 Å². The van der Waals surface area contributed by atoms with E-state index in [9.17, 15) is 9.59 Å². The fourth-order valence-corrected chi connectivity index (χ4v) is 1.99. The van der Waals surface area contributed by atoms with Crippen LogP contribution in [-0.4, -0.2) is 53.5 Å². The highest BCUT2D eigenvalue weighted by Crippen LogP contribution is 2.17. The van der Waals surface area contributed by atoms with Gasteiger partial charge in [0, 0.05) is 31.0 Å². The molecule has 0 aliphatic carbocycles. The maximum absolute atomic E-state index is 11.8. The number of nitrogens with zero attached hydrogens (tertiary/aromatic N) is 5. The molecule has 2 atom stereocenters. The van der Waals surface area contributed by atoms with E-state index in [-0.39, 0.29) is 30.8 Å². The zero-order valence-corrected chi connectivity index (χ0v) is 11.6. The molecule has 0 radical (unpaired) electrons. The van der Waals surface area contributed by atoms with Gasteiger partial charge in [0.2, 0.25) is 5.91 Å². The number of aliphatic carboxylic acids is 1. The molecule has 1 rings (SSSR count). The summed E-state index contributed by atoms with van der Waals surface area (Å²) in [6, 6.07) is -0.914. The van der Waals surface area contributed by atoms with Crippen LogP contribution in [0.1, 0.15) is 19.3 Å². The van der Waals surface area contributed by atoms with Gasteiger partial charge in [-0.15, -0.1) is 0 Å². The Kier molecular flexibility index (Phi) is 6.44. The Balaban J connectivity index is 2.41. The molecule has 0 bridgehead atoms. The molecular formula is C11H19N7O3. The van der Waals surface area contributed by atoms with Crippen molar-refractivity contribution in [2.75, 3.05) is 19.6 Å². The number of nitrogens with two attached hydrogens (primary N) is 2. The number of carboxylic acid groups (broad SMARTS) is 1. The van der Waals surface area contributed by atoms with Gasteiger partial charge in [-0.25, -0.2) is 0 Å². The smallest absolute Gasteiger partial charge is 0.320 e. The first kappa shape index (κ1) is 16.7. The fraction of sp³-hybridized carbons (Fsp3) is 0.727. The zero-order chi connectivity index (χ0) is 15.8. The van der Waals surface area contributed by atoms with Crippen molar-refractivity contribution in [1.82, 2.24) is 4.90 Å². The number of carbonyl (C=O) groups excluding carboxylic acids is 1. The summed E-state index contributed by atoms with van der Waals surface area (Å²) in [7, 11) is 0. The third-order valence-electron chi connectivity index (χ3n) is 3.15. The van der Waals surface area contributed by atoms with Gasteiger partial charge in [-0.1, -0.05) is 5.11 Å². The maximum Gasteiger partial charge on any atom is 0.320 e. The molecule has 1 saturated heterocycles. The van der Waals surface area contributed by atoms with E-state index < -0.39 is 12.0 Å². The van der Waals surface area contributed by atoms with Gasteiger partial charge in [-0.2, -0.15) is 0 Å². The Morgan fingerprint density at radius 3 is 2.95 bits per heavy atom. The second kappa shape index (κ2) is 8.08. The van der Waals surface area contributed by atoms with Crippen LogP contribution in [0.3, 0.4) is 0 Å². The van der Waals surface area contributed by atoms with Crippen LogP contribution in [0, 0.1) is 5.92 Å². The molecule has 1 amide bonds. The predicted octanol–water partition coefficient (Wildman–Crippen LogP) is -0.348. The first-order chi connectivity index (χ1) is 9.95. The summed E-state index contributed by atoms with van der Waals surface area (Å²) in [5.41, 5.74) is 19.4. The number of rotatable bonds is 7. The number of likely N-dealkylation sites (tertiary alicyclic amines) is 1. The van der Waals surface area contributed by atoms with Crippen LogP contribution < -0.4 is 11.5 Å². The minimum Gasteiger partial charge on any atom is -0.480 e. The third-order valence-corrected chi connectivity index (χ3v) is 3.15. The Hall–Kier alpha value is -2.32. The number of hydrogen-bond acceptors (Lipinski definition) is 5. The predicted molar refractivity (Wildman–Crippen MR) is 75.2 cm³/mol. The number of carbonyl (C=O) groups is 2. The number of azide groups is 1. The van der Waals surface area contributed by atoms with Crippen LogP contribution in [0.5, 0.6) is 0 Å². The highest BCUT2D eigenvalue weighted by atomic mass is 16.4. The minimum atomic E-state index is -1.05. The Labute approximate surface area is 121 Å². The molecule has 0 aromatic rings. The normalized spacial score (nSPS) is 20.2. The Morgan fingerprint density at radius 2 is 2.33 bits per heavy atom. The number of guanidine groups is 1. The van der Waals surface area contributed by atoms with Crippen LogP contribution >= 0.6 is 0 Å². The summed E-state index contributed by atoms with van der Waals surface area (Å²) in [4.78, 5) is 30.3. The molecule has 10 nitrogen and oxygen atoms in total. The standard InChI is InChI=1S/C11H19N7O3/c12-8(10(20)21)2-1-3-15-11(13)18-6-7(4-9(18)19)5-16-17-14/h7-8H,1-6,12H2,(H2,13,15)(H,20,21)/t7?,8-/m0/s1. The molecule has 10 heteroatoms. The average Bonchev–Trinajstić information content (AvgIpc) is 2.81. The molecule has 1 fully saturated rings. The molecule has 1 aliphatic heterocycles. The lowest BCUT2D eigenvalue weighted by atomic mass is 10.1. The molecule has 0 aromatic carbocycles. The van der Waals surface area contributed by atoms with Gasteiger partial charge in [0.25, 0.3) is 0 Å². The summed E-state index contributed by atoms with van der Waals surface area (Å²) in [5, 5.41) is 12.1. The first-order valence-corrected chi connectivity index (χ1v) is 6.55. The summed E-state index contributed by atoms with van der Waals surface area (Å²) in [6.45, 7) is 0.929. The third kappa shape index (κ3) is 5.28. The van der Waals surface area contributed by atoms with Crippen LogP contribution in [0.25, 0.3) is 10.4 Å². The van der Waals surface area contributed by atoms with Gasteiger partial charge in [0.15, 0.2) is 5.96 Å². The van der Waals surface area contributed by atoms with Crippen molar-refractivity contribution in [1.29, 1.82) is 0 Å². The van der Waals surface area contributed by atoms with Gasteiger partial charge < -0.3 is 16.6 Å². The van der Waals surface area contributed by atoms with Crippen molar-refractivity contribution in [3.8, 4) is 0 Å². The molecule has 1 unspecified atom stereocenters. The Bertz CT molecular complexity index is 472. The molecule has 1 aliphatic rings. The van der Waals surface area contributed by atoms with Crippen molar-refractivity contribution in [3.63, 3.8) is 0 Å². The van der Waals surface area contributed by atoms with Crippen molar-refractivity contribution in [2.24, 2.45) is 27.5 Å². The molecule has 0 aromatic heterocycles. The molecule has 0 saturated carbocycles. The van der Waals surface area contributed by atoms with Crippen molar-refractivity contribution in [2.45, 2.75) is 25.3 Å². The highest BCUT2D eigenvalue weighted by molar-refractivity contribution is 5.97. The summed E-state index contributed by atoms with van der Waals surface area (Å²) in [5.74, 6) is -1.16. The van der Waals surface area contributed by atoms with Gasteiger partial charge in [0.1, 0.15) is 6.04 Å². The summed E-state index contributed by atoms with van der Waals surface area (Å²) < 4.78 is 0. The summed E-state index contributed by atoms with van der Waals surface area (Å²) in [6.07, 6.45) is 1.04. The van der Waals surface area contributed by atoms with E-state index in [1.165, 1.54) is 4.90 Å². The Morgan fingerprint density at radius 1 is 1.62 bits per heavy atom. The number of carboxylic acids is 1. The van der Waals surface area contributed by atoms with E-state index in [2.05, 4.69) is 15.0 Å². The molecular weight excluding hydrogens is 278 g/mol. The zero-order valence-electron chi connectivity index (χ0n) is 11.6. The average molecular weight is 297 g/mol. The second-order valence-corrected chi connectivity index (χ2v) is 4.81. The number of amides is 1. The van der Waals surface area contributed by atoms with Crippen molar-refractivity contribution >= 4 is 17.8 Å². The van der Waals surface area contributed by atoms with Crippen molar-refractivity contribution in [3.05, 3.63) is 10.4 Å². The molecule has 5 N–H and O–H groups in total. The molecule has 116 valence electrons. The van der Waals surface area contributed by atoms with Crippen LogP contribution in [0.15, 0.2) is 10.1 Å². The highest BCUT2D eigenvalue weighted by Gasteiger charge is 2.31. The second-order valence-electron chi connectivity index (χ2n) is 4.81. The fourth-order valence-electron chi connectivity index (χ4n) is 1.99. The van der Waals surface area contributed by atoms with Gasteiger partial charge in [-0.05, 0) is 24.3 Å². The first-order valence-electron chi connectivity index (χ1n) is 6.55. The van der Waals surface area contributed by atoms with Crippen LogP contribution in [-0.2, 0) is 9.59 Å². The summed E-state index contributed by atoms with van der Waals surface area (Å²) >= 11 is 0. The van der Waals surface area contributed by atoms with E-state index in [1.54, 1.807) is 0 Å². The quantitative estimate of drug-likeness (QED) is 0.145. The SMILES string of the molecule is [N-]=[N+]=NCC1CC(=O)N(C(N)=NCCC[C@H](N)C(=O)O)C1. The lowest BCUT2D eigenvalue weighted by molar-refractivity contribution is -0.138. The lowest BCUT2D eigenvalue weighted by Crippen LogP contribution is -2.38. The van der Waals surface area contributed by atoms with Gasteiger partial charge in [0.05, 0.1) is 0 Å². The molecule has 0 spiro atoms. The number of hydrogen-bond donors (Lipinski definition) is 3. The maximum atomic E-state index is 11.8. The van der Waals surface area contributed by atoms with Crippen LogP contribution in [0.2, 0.25) is 0 Å². The topological polar surface area (TPSA) is 171 Å². The van der Waals surface area contributed by atoms with E-state index in [1.807, 2.05) is 0 Å². The van der Waals surface area contributed by atoms with E-state index in [0.717, 1.165) is 0 Å². The molecule has 21 heavy (non-hydrogen) atoms. The minimum absolute atomic E-state index is 0.0532. The lowest BCUT2D eigenvalue weighted by Gasteiger charge is -2.15. The van der Waals surface area contributed by atoms with Crippen molar-refractivity contribution < 1.29 is 14.7 Å². The van der Waals surface area contributed by atoms with Crippen LogP contribution in [0.4, 0.5) is 0 Å². The van der Waals surface area contributed by atoms with Gasteiger partial charge in [-0.3, -0.25) is 19.5 Å². The van der Waals surface area contributed by atoms with E-state index in [0.29, 0.717) is 25.9 Å². The molecule has 1 heterocycles. The van der Waals surface area contributed by atoms with E-state index in [4.69, 9.17) is 22.1 Å². The number of aliphatic imine (C=N–C) groups is 1.